The number of amides is 3. The highest BCUT2D eigenvalue weighted by atomic mass is 16.4. The highest BCUT2D eigenvalue weighted by molar-refractivity contribution is 5.94. The molecule has 38 heavy (non-hydrogen) atoms. The molecule has 16 heteroatoms. The van der Waals surface area contributed by atoms with Gasteiger partial charge in [0, 0.05) is 31.3 Å². The van der Waals surface area contributed by atoms with Crippen molar-refractivity contribution in [3.05, 3.63) is 18.2 Å². The highest BCUT2D eigenvalue weighted by Crippen LogP contribution is 2.08. The zero-order valence-electron chi connectivity index (χ0n) is 20.8. The van der Waals surface area contributed by atoms with Crippen LogP contribution in [0.15, 0.2) is 17.5 Å². The minimum Gasteiger partial charge on any atom is -0.481 e. The fourth-order valence-corrected chi connectivity index (χ4v) is 3.85. The number of guanidine groups is 1. The van der Waals surface area contributed by atoms with Crippen LogP contribution in [0.25, 0.3) is 0 Å². The topological polar surface area (TPSA) is 267 Å². The van der Waals surface area contributed by atoms with Crippen molar-refractivity contribution < 1.29 is 34.2 Å². The third kappa shape index (κ3) is 10.4. The number of hydrogen-bond acceptors (Lipinski definition) is 8. The first-order valence-electron chi connectivity index (χ1n) is 12.2. The maximum atomic E-state index is 13.2. The summed E-state index contributed by atoms with van der Waals surface area (Å²) >= 11 is 0. The Bertz CT molecular complexity index is 989. The number of hydrogen-bond donors (Lipinski definition) is 9. The minimum atomic E-state index is -1.37. The van der Waals surface area contributed by atoms with E-state index in [0.717, 1.165) is 6.42 Å². The maximum absolute atomic E-state index is 13.2. The van der Waals surface area contributed by atoms with Gasteiger partial charge in [-0.1, -0.05) is 0 Å². The second-order valence-corrected chi connectivity index (χ2v) is 8.83. The van der Waals surface area contributed by atoms with Gasteiger partial charge in [-0.3, -0.25) is 24.2 Å². The molecule has 0 saturated carbocycles. The first-order valence-corrected chi connectivity index (χ1v) is 12.2. The molecule has 2 heterocycles. The quantitative estimate of drug-likeness (QED) is 0.0588. The van der Waals surface area contributed by atoms with Gasteiger partial charge in [0.25, 0.3) is 0 Å². The van der Waals surface area contributed by atoms with Crippen LogP contribution in [0.4, 0.5) is 0 Å². The molecule has 11 N–H and O–H groups in total. The van der Waals surface area contributed by atoms with Crippen molar-refractivity contribution in [1.29, 1.82) is 0 Å². The van der Waals surface area contributed by atoms with Gasteiger partial charge in [0.05, 0.1) is 12.4 Å². The van der Waals surface area contributed by atoms with Crippen molar-refractivity contribution in [3.63, 3.8) is 0 Å². The SMILES string of the molecule is NC(N)=NCCCC(NC(=O)C1CCCN1)C(=O)NC(CCC(=O)O)C(=O)NC(Cc1cnc[nH]1)C(=O)O. The van der Waals surface area contributed by atoms with Crippen molar-refractivity contribution in [2.24, 2.45) is 16.5 Å². The second kappa shape index (κ2) is 15.1. The number of nitrogens with one attached hydrogen (secondary N) is 5. The largest absolute Gasteiger partial charge is 0.481 e. The molecule has 210 valence electrons. The van der Waals surface area contributed by atoms with E-state index in [0.29, 0.717) is 25.1 Å². The number of carboxylic acid groups (broad SMARTS) is 2. The van der Waals surface area contributed by atoms with E-state index in [1.165, 1.54) is 12.5 Å². The molecule has 3 amide bonds. The van der Waals surface area contributed by atoms with Crippen LogP contribution in [0.3, 0.4) is 0 Å². The van der Waals surface area contributed by atoms with Crippen LogP contribution in [-0.4, -0.2) is 93.1 Å². The number of carbonyl (C=O) groups is 5. The molecular weight excluding hydrogens is 502 g/mol. The molecule has 0 radical (unpaired) electrons. The number of carbonyl (C=O) groups excluding carboxylic acids is 3. The first-order chi connectivity index (χ1) is 18.1. The molecule has 16 nitrogen and oxygen atoms in total. The van der Waals surface area contributed by atoms with Crippen molar-refractivity contribution in [3.8, 4) is 0 Å². The van der Waals surface area contributed by atoms with Gasteiger partial charge >= 0.3 is 11.9 Å². The van der Waals surface area contributed by atoms with E-state index in [9.17, 15) is 29.1 Å². The van der Waals surface area contributed by atoms with Gasteiger partial charge in [-0.05, 0) is 38.6 Å². The van der Waals surface area contributed by atoms with Crippen LogP contribution in [-0.2, 0) is 30.4 Å². The molecule has 0 bridgehead atoms. The fraction of sp³-hybridized carbons (Fsp3) is 0.591. The number of imidazole rings is 1. The van der Waals surface area contributed by atoms with E-state index in [4.69, 9.17) is 16.6 Å². The van der Waals surface area contributed by atoms with Crippen LogP contribution >= 0.6 is 0 Å². The van der Waals surface area contributed by atoms with Gasteiger partial charge in [-0.15, -0.1) is 0 Å². The summed E-state index contributed by atoms with van der Waals surface area (Å²) in [5, 5.41) is 29.2. The van der Waals surface area contributed by atoms with Gasteiger partial charge < -0.3 is 47.9 Å². The average molecular weight is 538 g/mol. The predicted molar refractivity (Wildman–Crippen MR) is 134 cm³/mol. The van der Waals surface area contributed by atoms with Crippen LogP contribution in [0.5, 0.6) is 0 Å². The van der Waals surface area contributed by atoms with E-state index in [-0.39, 0.29) is 37.7 Å². The Labute approximate surface area is 218 Å². The number of aromatic amines is 1. The Morgan fingerprint density at radius 3 is 2.29 bits per heavy atom. The fourth-order valence-electron chi connectivity index (χ4n) is 3.85. The Hall–Kier alpha value is -4.21. The number of rotatable bonds is 16. The van der Waals surface area contributed by atoms with Gasteiger partial charge in [0.1, 0.15) is 18.1 Å². The predicted octanol–water partition coefficient (Wildman–Crippen LogP) is -2.84. The Kier molecular flexibility index (Phi) is 12.0. The molecule has 4 atom stereocenters. The summed E-state index contributed by atoms with van der Waals surface area (Å²) in [6, 6.07) is -4.27. The van der Waals surface area contributed by atoms with E-state index >= 15 is 0 Å². The summed E-state index contributed by atoms with van der Waals surface area (Å²) < 4.78 is 0. The second-order valence-electron chi connectivity index (χ2n) is 8.83. The number of aromatic nitrogens is 2. The summed E-state index contributed by atoms with van der Waals surface area (Å²) in [6.45, 7) is 0.862. The van der Waals surface area contributed by atoms with Gasteiger partial charge in [0.2, 0.25) is 17.7 Å². The molecule has 1 aliphatic rings. The van der Waals surface area contributed by atoms with E-state index in [2.05, 4.69) is 36.2 Å². The normalized spacial score (nSPS) is 17.0. The number of carboxylic acids is 2. The number of nitrogens with two attached hydrogens (primary N) is 2. The molecule has 1 fully saturated rings. The summed E-state index contributed by atoms with van der Waals surface area (Å²) in [4.78, 5) is 72.1. The summed E-state index contributed by atoms with van der Waals surface area (Å²) in [6.07, 6.45) is 3.74. The van der Waals surface area contributed by atoms with Crippen molar-refractivity contribution >= 4 is 35.6 Å². The summed E-state index contributed by atoms with van der Waals surface area (Å²) in [7, 11) is 0. The van der Waals surface area contributed by atoms with Crippen LogP contribution < -0.4 is 32.7 Å². The van der Waals surface area contributed by atoms with Gasteiger partial charge in [-0.2, -0.15) is 0 Å². The number of nitrogens with zero attached hydrogens (tertiary/aromatic N) is 2. The smallest absolute Gasteiger partial charge is 0.326 e. The molecule has 1 aromatic heterocycles. The summed E-state index contributed by atoms with van der Waals surface area (Å²) in [5.74, 6) is -4.66. The van der Waals surface area contributed by atoms with Gasteiger partial charge in [0.15, 0.2) is 5.96 Å². The Morgan fingerprint density at radius 1 is 1.05 bits per heavy atom. The third-order valence-electron chi connectivity index (χ3n) is 5.83. The van der Waals surface area contributed by atoms with E-state index in [1.54, 1.807) is 0 Å². The van der Waals surface area contributed by atoms with Crippen molar-refractivity contribution in [2.45, 2.75) is 69.1 Å². The van der Waals surface area contributed by atoms with Crippen LogP contribution in [0, 0.1) is 0 Å². The molecule has 0 spiro atoms. The van der Waals surface area contributed by atoms with Gasteiger partial charge in [-0.25, -0.2) is 9.78 Å². The molecule has 1 aliphatic heterocycles. The van der Waals surface area contributed by atoms with Crippen LogP contribution in [0.1, 0.15) is 44.2 Å². The number of H-pyrrole nitrogens is 1. The summed E-state index contributed by atoms with van der Waals surface area (Å²) in [5.41, 5.74) is 11.1. The lowest BCUT2D eigenvalue weighted by Gasteiger charge is -2.25. The first kappa shape index (κ1) is 30.0. The molecule has 4 unspecified atom stereocenters. The Balaban J connectivity index is 2.13. The van der Waals surface area contributed by atoms with Crippen LogP contribution in [0.2, 0.25) is 0 Å². The average Bonchev–Trinajstić information content (AvgIpc) is 3.57. The standard InChI is InChI=1S/C22H35N9O7/c23-22(24)27-8-2-4-14(29-18(34)13-3-1-7-26-13)19(35)30-15(5-6-17(32)33)20(36)31-16(21(37)38)9-12-10-25-11-28-12/h10-11,13-16,26H,1-9H2,(H,25,28)(H,29,34)(H,30,35)(H,31,36)(H,32,33)(H,37,38)(H4,23,24,27). The third-order valence-corrected chi connectivity index (χ3v) is 5.83. The molecule has 1 aromatic rings. The number of aliphatic imine (C=N–C) groups is 1. The molecular formula is C22H35N9O7. The molecule has 1 saturated heterocycles. The lowest BCUT2D eigenvalue weighted by molar-refractivity contribution is -0.143. The molecule has 2 rings (SSSR count). The molecule has 0 aliphatic carbocycles. The Morgan fingerprint density at radius 2 is 1.74 bits per heavy atom. The lowest BCUT2D eigenvalue weighted by atomic mass is 10.1. The van der Waals surface area contributed by atoms with E-state index in [1.807, 2.05) is 0 Å². The van der Waals surface area contributed by atoms with E-state index < -0.39 is 54.3 Å². The zero-order chi connectivity index (χ0) is 28.1. The zero-order valence-corrected chi connectivity index (χ0v) is 20.8. The number of aliphatic carboxylic acids is 2. The lowest BCUT2D eigenvalue weighted by Crippen LogP contribution is -2.57. The maximum Gasteiger partial charge on any atom is 0.326 e. The monoisotopic (exact) mass is 537 g/mol. The highest BCUT2D eigenvalue weighted by Gasteiger charge is 2.31. The molecule has 0 aromatic carbocycles. The van der Waals surface area contributed by atoms with Crippen molar-refractivity contribution in [1.82, 2.24) is 31.2 Å². The minimum absolute atomic E-state index is 0.113. The van der Waals surface area contributed by atoms with Crippen molar-refractivity contribution in [2.75, 3.05) is 13.1 Å².